The molecule has 5 heteroatoms. The Labute approximate surface area is 333 Å². The largest absolute Gasteiger partial charge is 0.309 e. The molecule has 0 amide bonds. The second-order valence-corrected chi connectivity index (χ2v) is 14.8. The smallest absolute Gasteiger partial charge is 0.164 e. The molecule has 0 aliphatic heterocycles. The highest BCUT2D eigenvalue weighted by atomic mass is 15.0. The van der Waals surface area contributed by atoms with Gasteiger partial charge in [-0.2, -0.15) is 0 Å². The van der Waals surface area contributed by atoms with Gasteiger partial charge in [0.25, 0.3) is 0 Å². The zero-order chi connectivity index (χ0) is 38.2. The van der Waals surface area contributed by atoms with Crippen LogP contribution in [0.15, 0.2) is 200 Å². The van der Waals surface area contributed by atoms with Crippen LogP contribution in [0.25, 0.3) is 111 Å². The van der Waals surface area contributed by atoms with Crippen LogP contribution in [0.5, 0.6) is 0 Å². The van der Waals surface area contributed by atoms with Gasteiger partial charge in [0.05, 0.1) is 22.1 Å². The third kappa shape index (κ3) is 5.00. The van der Waals surface area contributed by atoms with Crippen molar-refractivity contribution < 1.29 is 0 Å². The number of benzene rings is 9. The summed E-state index contributed by atoms with van der Waals surface area (Å²) in [7, 11) is 0. The van der Waals surface area contributed by atoms with E-state index in [9.17, 15) is 0 Å². The Balaban J connectivity index is 1.10. The summed E-state index contributed by atoms with van der Waals surface area (Å²) in [6.45, 7) is 0. The van der Waals surface area contributed by atoms with E-state index in [0.29, 0.717) is 17.5 Å². The van der Waals surface area contributed by atoms with E-state index in [1.54, 1.807) is 0 Å². The molecule has 12 rings (SSSR count). The standard InChI is InChI=1S/C53H33N5/c1-3-16-34(17-4-1)51-54-52(56-53(55-51)46-31-35-18-7-8-23-39(35)40-24-9-10-25-41(40)46)36-19-15-22-38(30-36)58-48-29-14-12-27-43(48)45-32-44-42-26-11-13-28-47(42)57(49(44)33-50(45)58)37-20-5-2-6-21-37/h1-33H. The Kier molecular flexibility index (Phi) is 7.16. The first-order valence-corrected chi connectivity index (χ1v) is 19.6. The van der Waals surface area contributed by atoms with E-state index in [1.807, 2.05) is 18.2 Å². The first-order valence-electron chi connectivity index (χ1n) is 19.6. The molecule has 3 aromatic heterocycles. The number of para-hydroxylation sites is 3. The molecule has 0 saturated heterocycles. The molecule has 0 saturated carbocycles. The lowest BCUT2D eigenvalue weighted by Gasteiger charge is -2.13. The summed E-state index contributed by atoms with van der Waals surface area (Å²) in [6.07, 6.45) is 0. The van der Waals surface area contributed by atoms with Crippen LogP contribution in [0.3, 0.4) is 0 Å². The Morgan fingerprint density at radius 3 is 1.48 bits per heavy atom. The van der Waals surface area contributed by atoms with Crippen LogP contribution >= 0.6 is 0 Å². The van der Waals surface area contributed by atoms with Gasteiger partial charge in [-0.25, -0.2) is 15.0 Å². The minimum atomic E-state index is 0.621. The molecule has 3 heterocycles. The zero-order valence-electron chi connectivity index (χ0n) is 31.3. The molecule has 5 nitrogen and oxygen atoms in total. The van der Waals surface area contributed by atoms with Crippen molar-refractivity contribution in [2.75, 3.05) is 0 Å². The van der Waals surface area contributed by atoms with Crippen LogP contribution in [0.1, 0.15) is 0 Å². The molecule has 0 unspecified atom stereocenters. The Morgan fingerprint density at radius 1 is 0.276 bits per heavy atom. The summed E-state index contributed by atoms with van der Waals surface area (Å²) in [5.74, 6) is 1.90. The summed E-state index contributed by atoms with van der Waals surface area (Å²) >= 11 is 0. The maximum atomic E-state index is 5.28. The van der Waals surface area contributed by atoms with Gasteiger partial charge in [-0.3, -0.25) is 0 Å². The van der Waals surface area contributed by atoms with Gasteiger partial charge in [-0.15, -0.1) is 0 Å². The predicted octanol–water partition coefficient (Wildman–Crippen LogP) is 13.4. The fraction of sp³-hybridized carbons (Fsp3) is 0. The van der Waals surface area contributed by atoms with Crippen LogP contribution in [-0.2, 0) is 0 Å². The van der Waals surface area contributed by atoms with Crippen molar-refractivity contribution in [3.8, 4) is 45.5 Å². The Morgan fingerprint density at radius 2 is 0.776 bits per heavy atom. The molecule has 9 aromatic carbocycles. The minimum absolute atomic E-state index is 0.621. The molecule has 58 heavy (non-hydrogen) atoms. The van der Waals surface area contributed by atoms with E-state index in [-0.39, 0.29) is 0 Å². The normalized spacial score (nSPS) is 11.8. The Hall–Kier alpha value is -7.89. The van der Waals surface area contributed by atoms with Gasteiger partial charge in [0.1, 0.15) is 0 Å². The summed E-state index contributed by atoms with van der Waals surface area (Å²) in [5, 5.41) is 9.52. The van der Waals surface area contributed by atoms with Crippen molar-refractivity contribution in [2.45, 2.75) is 0 Å². The van der Waals surface area contributed by atoms with Crippen molar-refractivity contribution in [1.29, 1.82) is 0 Å². The number of fused-ring (bicyclic) bond motifs is 9. The van der Waals surface area contributed by atoms with Gasteiger partial charge < -0.3 is 9.13 Å². The lowest BCUT2D eigenvalue weighted by Crippen LogP contribution is -2.01. The highest BCUT2D eigenvalue weighted by molar-refractivity contribution is 6.19. The van der Waals surface area contributed by atoms with E-state index in [4.69, 9.17) is 15.0 Å². The molecule has 0 N–H and O–H groups in total. The third-order valence-corrected chi connectivity index (χ3v) is 11.5. The van der Waals surface area contributed by atoms with Crippen LogP contribution in [0.2, 0.25) is 0 Å². The van der Waals surface area contributed by atoms with Crippen molar-refractivity contribution in [1.82, 2.24) is 24.1 Å². The monoisotopic (exact) mass is 739 g/mol. The quantitative estimate of drug-likeness (QED) is 0.165. The van der Waals surface area contributed by atoms with Crippen LogP contribution in [0, 0.1) is 0 Å². The minimum Gasteiger partial charge on any atom is -0.309 e. The van der Waals surface area contributed by atoms with Crippen molar-refractivity contribution in [3.05, 3.63) is 200 Å². The Bertz CT molecular complexity index is 3560. The highest BCUT2D eigenvalue weighted by Crippen LogP contribution is 2.40. The number of hydrogen-bond acceptors (Lipinski definition) is 3. The van der Waals surface area contributed by atoms with Crippen molar-refractivity contribution in [3.63, 3.8) is 0 Å². The van der Waals surface area contributed by atoms with Crippen LogP contribution in [0.4, 0.5) is 0 Å². The number of aromatic nitrogens is 5. The van der Waals surface area contributed by atoms with Gasteiger partial charge in [0.2, 0.25) is 0 Å². The second kappa shape index (κ2) is 12.8. The number of rotatable bonds is 5. The number of nitrogens with zero attached hydrogens (tertiary/aromatic N) is 5. The molecular weight excluding hydrogens is 707 g/mol. The van der Waals surface area contributed by atoms with E-state index in [1.165, 1.54) is 37.8 Å². The van der Waals surface area contributed by atoms with Crippen LogP contribution in [-0.4, -0.2) is 24.1 Å². The van der Waals surface area contributed by atoms with Gasteiger partial charge in [-0.1, -0.05) is 146 Å². The summed E-state index contributed by atoms with van der Waals surface area (Å²) in [5.41, 5.74) is 9.62. The number of hydrogen-bond donors (Lipinski definition) is 0. The molecule has 0 atom stereocenters. The summed E-state index contributed by atoms with van der Waals surface area (Å²) < 4.78 is 4.77. The first-order chi connectivity index (χ1) is 28.8. The lowest BCUT2D eigenvalue weighted by atomic mass is 9.97. The predicted molar refractivity (Wildman–Crippen MR) is 240 cm³/mol. The summed E-state index contributed by atoms with van der Waals surface area (Å²) in [6, 6.07) is 70.9. The molecule has 0 spiro atoms. The molecule has 0 fully saturated rings. The SMILES string of the molecule is c1ccc(-c2nc(-c3cccc(-n4c5ccccc5c5cc6c7ccccc7n(-c7ccccc7)c6cc54)c3)nc(-c3cc4ccccc4c4ccccc34)n2)cc1. The van der Waals surface area contributed by atoms with Crippen molar-refractivity contribution >= 4 is 65.2 Å². The average Bonchev–Trinajstić information content (AvgIpc) is 3.80. The first kappa shape index (κ1) is 32.4. The fourth-order valence-electron chi connectivity index (χ4n) is 8.93. The highest BCUT2D eigenvalue weighted by Gasteiger charge is 2.20. The summed E-state index contributed by atoms with van der Waals surface area (Å²) in [4.78, 5) is 15.6. The average molecular weight is 740 g/mol. The van der Waals surface area contributed by atoms with Gasteiger partial charge in [0, 0.05) is 49.6 Å². The fourth-order valence-corrected chi connectivity index (χ4v) is 8.93. The molecular formula is C53H33N5. The molecule has 270 valence electrons. The maximum absolute atomic E-state index is 5.28. The molecule has 0 aliphatic rings. The van der Waals surface area contributed by atoms with Gasteiger partial charge >= 0.3 is 0 Å². The van der Waals surface area contributed by atoms with E-state index in [2.05, 4.69) is 191 Å². The lowest BCUT2D eigenvalue weighted by molar-refractivity contribution is 1.07. The molecule has 0 bridgehead atoms. The van der Waals surface area contributed by atoms with E-state index >= 15 is 0 Å². The maximum Gasteiger partial charge on any atom is 0.164 e. The molecule has 0 radical (unpaired) electrons. The molecule has 12 aromatic rings. The van der Waals surface area contributed by atoms with E-state index in [0.717, 1.165) is 55.4 Å². The van der Waals surface area contributed by atoms with E-state index < -0.39 is 0 Å². The molecule has 0 aliphatic carbocycles. The topological polar surface area (TPSA) is 48.5 Å². The second-order valence-electron chi connectivity index (χ2n) is 14.8. The van der Waals surface area contributed by atoms with Gasteiger partial charge in [-0.05, 0) is 76.1 Å². The third-order valence-electron chi connectivity index (χ3n) is 11.5. The zero-order valence-corrected chi connectivity index (χ0v) is 31.3. The van der Waals surface area contributed by atoms with Crippen LogP contribution < -0.4 is 0 Å². The van der Waals surface area contributed by atoms with Gasteiger partial charge in [0.15, 0.2) is 17.5 Å². The van der Waals surface area contributed by atoms with Crippen molar-refractivity contribution in [2.24, 2.45) is 0 Å².